The Balaban J connectivity index is 2.03. The average molecular weight is 406 g/mol. The third kappa shape index (κ3) is 4.63. The SMILES string of the molecule is CCOC(=O)Cc1ccc(OC(C)=O)c(C)c1C(=O)Nc1cccc2cccnc12. The van der Waals surface area contributed by atoms with Gasteiger partial charge in [0.05, 0.1) is 29.8 Å². The summed E-state index contributed by atoms with van der Waals surface area (Å²) in [5.74, 6) is -1.12. The van der Waals surface area contributed by atoms with Crippen LogP contribution < -0.4 is 10.1 Å². The van der Waals surface area contributed by atoms with E-state index in [-0.39, 0.29) is 24.3 Å². The Bertz CT molecular complexity index is 1120. The summed E-state index contributed by atoms with van der Waals surface area (Å²) < 4.78 is 10.2. The van der Waals surface area contributed by atoms with Crippen LogP contribution in [-0.2, 0) is 20.7 Å². The molecule has 1 heterocycles. The molecule has 7 heteroatoms. The number of hydrogen-bond donors (Lipinski definition) is 1. The van der Waals surface area contributed by atoms with Gasteiger partial charge in [-0.05, 0) is 37.6 Å². The summed E-state index contributed by atoms with van der Waals surface area (Å²) in [6.07, 6.45) is 1.57. The first-order chi connectivity index (χ1) is 14.4. The molecule has 0 saturated carbocycles. The molecule has 3 rings (SSSR count). The number of carbonyl (C=O) groups excluding carboxylic acids is 3. The Labute approximate surface area is 174 Å². The van der Waals surface area contributed by atoms with E-state index in [1.165, 1.54) is 6.92 Å². The van der Waals surface area contributed by atoms with Crippen molar-refractivity contribution in [1.82, 2.24) is 4.98 Å². The van der Waals surface area contributed by atoms with Crippen molar-refractivity contribution in [3.05, 3.63) is 65.4 Å². The molecule has 0 radical (unpaired) electrons. The summed E-state index contributed by atoms with van der Waals surface area (Å²) >= 11 is 0. The second kappa shape index (κ2) is 9.17. The number of nitrogens with one attached hydrogen (secondary N) is 1. The molecular formula is C23H22N2O5. The molecule has 154 valence electrons. The quantitative estimate of drug-likeness (QED) is 0.494. The molecule has 1 amide bonds. The molecule has 3 aromatic rings. The number of esters is 2. The first-order valence-corrected chi connectivity index (χ1v) is 9.52. The zero-order chi connectivity index (χ0) is 21.7. The lowest BCUT2D eigenvalue weighted by molar-refractivity contribution is -0.142. The first-order valence-electron chi connectivity index (χ1n) is 9.52. The van der Waals surface area contributed by atoms with Crippen molar-refractivity contribution in [2.45, 2.75) is 27.2 Å². The van der Waals surface area contributed by atoms with E-state index in [2.05, 4.69) is 10.3 Å². The van der Waals surface area contributed by atoms with Gasteiger partial charge >= 0.3 is 11.9 Å². The topological polar surface area (TPSA) is 94.6 Å². The second-order valence-corrected chi connectivity index (χ2v) is 6.63. The summed E-state index contributed by atoms with van der Waals surface area (Å²) in [7, 11) is 0. The Morgan fingerprint density at radius 1 is 1.07 bits per heavy atom. The predicted molar refractivity (Wildman–Crippen MR) is 113 cm³/mol. The van der Waals surface area contributed by atoms with Crippen LogP contribution in [0.15, 0.2) is 48.7 Å². The minimum atomic E-state index is -0.499. The molecule has 2 aromatic carbocycles. The Hall–Kier alpha value is -3.74. The highest BCUT2D eigenvalue weighted by atomic mass is 16.5. The van der Waals surface area contributed by atoms with Crippen LogP contribution in [0.1, 0.15) is 35.3 Å². The molecule has 30 heavy (non-hydrogen) atoms. The molecule has 0 aliphatic carbocycles. The fourth-order valence-electron chi connectivity index (χ4n) is 3.23. The minimum absolute atomic E-state index is 0.0778. The van der Waals surface area contributed by atoms with Gasteiger partial charge in [-0.25, -0.2) is 0 Å². The van der Waals surface area contributed by atoms with Gasteiger partial charge in [0.15, 0.2) is 0 Å². The van der Waals surface area contributed by atoms with Crippen LogP contribution in [0, 0.1) is 6.92 Å². The van der Waals surface area contributed by atoms with E-state index < -0.39 is 17.8 Å². The van der Waals surface area contributed by atoms with E-state index in [1.807, 2.05) is 24.3 Å². The lowest BCUT2D eigenvalue weighted by Crippen LogP contribution is -2.19. The smallest absolute Gasteiger partial charge is 0.310 e. The van der Waals surface area contributed by atoms with Crippen LogP contribution in [-0.4, -0.2) is 29.4 Å². The van der Waals surface area contributed by atoms with E-state index in [9.17, 15) is 14.4 Å². The number of aromatic nitrogens is 1. The molecule has 0 fully saturated rings. The van der Waals surface area contributed by atoms with Gasteiger partial charge in [0, 0.05) is 24.1 Å². The monoisotopic (exact) mass is 406 g/mol. The van der Waals surface area contributed by atoms with Gasteiger partial charge in [0.25, 0.3) is 5.91 Å². The average Bonchev–Trinajstić information content (AvgIpc) is 2.70. The molecule has 0 aliphatic rings. The number of hydrogen-bond acceptors (Lipinski definition) is 6. The number of nitrogens with zero attached hydrogens (tertiary/aromatic N) is 1. The fraction of sp³-hybridized carbons (Fsp3) is 0.217. The highest BCUT2D eigenvalue weighted by molar-refractivity contribution is 6.10. The number of rotatable bonds is 6. The van der Waals surface area contributed by atoms with Crippen LogP contribution in [0.25, 0.3) is 10.9 Å². The van der Waals surface area contributed by atoms with Crippen molar-refractivity contribution in [2.24, 2.45) is 0 Å². The number of fused-ring (bicyclic) bond motifs is 1. The van der Waals surface area contributed by atoms with Gasteiger partial charge in [-0.1, -0.05) is 24.3 Å². The van der Waals surface area contributed by atoms with Crippen molar-refractivity contribution >= 4 is 34.4 Å². The standard InChI is InChI=1S/C23H22N2O5/c1-4-29-20(27)13-17-10-11-19(30-15(3)26)14(2)21(17)23(28)25-18-9-5-7-16-8-6-12-24-22(16)18/h5-12H,4,13H2,1-3H3,(H,25,28). The molecule has 0 spiro atoms. The predicted octanol–water partition coefficient (Wildman–Crippen LogP) is 3.83. The van der Waals surface area contributed by atoms with Crippen molar-refractivity contribution in [1.29, 1.82) is 0 Å². The fourth-order valence-corrected chi connectivity index (χ4v) is 3.23. The van der Waals surface area contributed by atoms with Crippen LogP contribution >= 0.6 is 0 Å². The van der Waals surface area contributed by atoms with Gasteiger partial charge in [-0.3, -0.25) is 19.4 Å². The van der Waals surface area contributed by atoms with E-state index >= 15 is 0 Å². The molecular weight excluding hydrogens is 384 g/mol. The molecule has 1 aromatic heterocycles. The number of pyridine rings is 1. The number of para-hydroxylation sites is 1. The van der Waals surface area contributed by atoms with Crippen LogP contribution in [0.2, 0.25) is 0 Å². The number of amides is 1. The number of anilines is 1. The Morgan fingerprint density at radius 2 is 1.83 bits per heavy atom. The molecule has 0 atom stereocenters. The van der Waals surface area contributed by atoms with Crippen LogP contribution in [0.3, 0.4) is 0 Å². The largest absolute Gasteiger partial charge is 0.466 e. The van der Waals surface area contributed by atoms with Crippen LogP contribution in [0.4, 0.5) is 5.69 Å². The van der Waals surface area contributed by atoms with E-state index in [4.69, 9.17) is 9.47 Å². The summed E-state index contributed by atoms with van der Waals surface area (Å²) in [5.41, 5.74) is 2.38. The van der Waals surface area contributed by atoms with E-state index in [0.29, 0.717) is 22.3 Å². The van der Waals surface area contributed by atoms with Gasteiger partial charge in [0.1, 0.15) is 5.75 Å². The number of benzene rings is 2. The van der Waals surface area contributed by atoms with Crippen molar-refractivity contribution in [2.75, 3.05) is 11.9 Å². The van der Waals surface area contributed by atoms with Gasteiger partial charge in [-0.2, -0.15) is 0 Å². The second-order valence-electron chi connectivity index (χ2n) is 6.63. The normalized spacial score (nSPS) is 10.5. The summed E-state index contributed by atoms with van der Waals surface area (Å²) in [5, 5.41) is 3.76. The highest BCUT2D eigenvalue weighted by Crippen LogP contribution is 2.28. The van der Waals surface area contributed by atoms with Gasteiger partial charge in [0.2, 0.25) is 0 Å². The Kier molecular flexibility index (Phi) is 6.41. The molecule has 0 bridgehead atoms. The third-order valence-electron chi connectivity index (χ3n) is 4.50. The maximum Gasteiger partial charge on any atom is 0.310 e. The van der Waals surface area contributed by atoms with E-state index in [1.54, 1.807) is 38.2 Å². The maximum atomic E-state index is 13.2. The Morgan fingerprint density at radius 3 is 2.57 bits per heavy atom. The molecule has 1 N–H and O–H groups in total. The minimum Gasteiger partial charge on any atom is -0.466 e. The molecule has 0 saturated heterocycles. The summed E-state index contributed by atoms with van der Waals surface area (Å²) in [4.78, 5) is 41.1. The van der Waals surface area contributed by atoms with Gasteiger partial charge in [-0.15, -0.1) is 0 Å². The lowest BCUT2D eigenvalue weighted by atomic mass is 9.97. The van der Waals surface area contributed by atoms with Crippen molar-refractivity contribution in [3.8, 4) is 5.75 Å². The van der Waals surface area contributed by atoms with E-state index in [0.717, 1.165) is 5.39 Å². The maximum absolute atomic E-state index is 13.2. The first kappa shape index (κ1) is 21.0. The number of ether oxygens (including phenoxy) is 2. The zero-order valence-corrected chi connectivity index (χ0v) is 17.0. The molecule has 7 nitrogen and oxygen atoms in total. The summed E-state index contributed by atoms with van der Waals surface area (Å²) in [6, 6.07) is 12.4. The zero-order valence-electron chi connectivity index (χ0n) is 17.0. The summed E-state index contributed by atoms with van der Waals surface area (Å²) in [6.45, 7) is 4.91. The number of carbonyl (C=O) groups is 3. The molecule has 0 unspecified atom stereocenters. The van der Waals surface area contributed by atoms with Crippen molar-refractivity contribution in [3.63, 3.8) is 0 Å². The van der Waals surface area contributed by atoms with Crippen LogP contribution in [0.5, 0.6) is 5.75 Å². The van der Waals surface area contributed by atoms with Crippen molar-refractivity contribution < 1.29 is 23.9 Å². The lowest BCUT2D eigenvalue weighted by Gasteiger charge is -2.16. The molecule has 0 aliphatic heterocycles. The van der Waals surface area contributed by atoms with Gasteiger partial charge < -0.3 is 14.8 Å². The highest BCUT2D eigenvalue weighted by Gasteiger charge is 2.21. The third-order valence-corrected chi connectivity index (χ3v) is 4.50.